The highest BCUT2D eigenvalue weighted by Gasteiger charge is 2.25. The summed E-state index contributed by atoms with van der Waals surface area (Å²) in [7, 11) is 0. The van der Waals surface area contributed by atoms with Gasteiger partial charge >= 0.3 is 0 Å². The molecule has 3 heteroatoms. The predicted octanol–water partition coefficient (Wildman–Crippen LogP) is 2.43. The SMILES string of the molecule is Cc1ccc(CC(=O)N2CCCC(C(C)N)C2)cc1C. The molecule has 20 heavy (non-hydrogen) atoms. The molecule has 0 aliphatic carbocycles. The largest absolute Gasteiger partial charge is 0.342 e. The number of rotatable bonds is 3. The zero-order valence-corrected chi connectivity index (χ0v) is 12.9. The van der Waals surface area contributed by atoms with Crippen LogP contribution in [0.4, 0.5) is 0 Å². The van der Waals surface area contributed by atoms with Gasteiger partial charge in [-0.2, -0.15) is 0 Å². The molecular formula is C17H26N2O. The Hall–Kier alpha value is -1.35. The normalized spacial score (nSPS) is 20.8. The highest BCUT2D eigenvalue weighted by atomic mass is 16.2. The number of nitrogens with two attached hydrogens (primary N) is 1. The van der Waals surface area contributed by atoms with Gasteiger partial charge in [0.2, 0.25) is 5.91 Å². The van der Waals surface area contributed by atoms with Crippen LogP contribution in [-0.4, -0.2) is 29.9 Å². The Balaban J connectivity index is 1.98. The van der Waals surface area contributed by atoms with E-state index in [-0.39, 0.29) is 11.9 Å². The third kappa shape index (κ3) is 3.60. The van der Waals surface area contributed by atoms with Crippen LogP contribution < -0.4 is 5.73 Å². The maximum Gasteiger partial charge on any atom is 0.226 e. The fraction of sp³-hybridized carbons (Fsp3) is 0.588. The van der Waals surface area contributed by atoms with Gasteiger partial charge in [-0.25, -0.2) is 0 Å². The molecule has 110 valence electrons. The van der Waals surface area contributed by atoms with Gasteiger partial charge in [0.1, 0.15) is 0 Å². The van der Waals surface area contributed by atoms with Gasteiger partial charge in [0.05, 0.1) is 6.42 Å². The molecule has 1 aliphatic rings. The number of amides is 1. The first-order chi connectivity index (χ1) is 9.47. The predicted molar refractivity (Wildman–Crippen MR) is 82.6 cm³/mol. The third-order valence-corrected chi connectivity index (χ3v) is 4.48. The van der Waals surface area contributed by atoms with Gasteiger partial charge in [0.25, 0.3) is 0 Å². The molecule has 2 N–H and O–H groups in total. The number of carbonyl (C=O) groups is 1. The first-order valence-electron chi connectivity index (χ1n) is 7.57. The van der Waals surface area contributed by atoms with Gasteiger partial charge in [-0.1, -0.05) is 18.2 Å². The van der Waals surface area contributed by atoms with E-state index >= 15 is 0 Å². The summed E-state index contributed by atoms with van der Waals surface area (Å²) in [5.41, 5.74) is 9.62. The standard InChI is InChI=1S/C17H26N2O/c1-12-6-7-15(9-13(12)2)10-17(20)19-8-4-5-16(11-19)14(3)18/h6-7,9,14,16H,4-5,8,10-11,18H2,1-3H3. The highest BCUT2D eigenvalue weighted by molar-refractivity contribution is 5.79. The Bertz CT molecular complexity index is 482. The number of carbonyl (C=O) groups excluding carboxylic acids is 1. The van der Waals surface area contributed by atoms with Crippen LogP contribution in [0.25, 0.3) is 0 Å². The van der Waals surface area contributed by atoms with Gasteiger partial charge in [-0.15, -0.1) is 0 Å². The molecule has 0 bridgehead atoms. The fourth-order valence-electron chi connectivity index (χ4n) is 2.87. The van der Waals surface area contributed by atoms with Gasteiger partial charge in [-0.05, 0) is 56.2 Å². The van der Waals surface area contributed by atoms with Gasteiger partial charge < -0.3 is 10.6 Å². The molecule has 2 unspecified atom stereocenters. The van der Waals surface area contributed by atoms with Crippen molar-refractivity contribution in [3.63, 3.8) is 0 Å². The van der Waals surface area contributed by atoms with Crippen molar-refractivity contribution < 1.29 is 4.79 Å². The second-order valence-electron chi connectivity index (χ2n) is 6.20. The lowest BCUT2D eigenvalue weighted by atomic mass is 9.92. The van der Waals surface area contributed by atoms with Gasteiger partial charge in [-0.3, -0.25) is 4.79 Å². The van der Waals surface area contributed by atoms with Crippen molar-refractivity contribution in [1.82, 2.24) is 4.90 Å². The molecule has 2 atom stereocenters. The maximum atomic E-state index is 12.4. The van der Waals surface area contributed by atoms with E-state index in [1.807, 2.05) is 11.8 Å². The molecule has 1 saturated heterocycles. The summed E-state index contributed by atoms with van der Waals surface area (Å²) in [4.78, 5) is 14.4. The first kappa shape index (κ1) is 15.0. The first-order valence-corrected chi connectivity index (χ1v) is 7.57. The lowest BCUT2D eigenvalue weighted by molar-refractivity contribution is -0.132. The Morgan fingerprint density at radius 1 is 1.40 bits per heavy atom. The van der Waals surface area contributed by atoms with E-state index in [1.54, 1.807) is 0 Å². The van der Waals surface area contributed by atoms with E-state index in [0.29, 0.717) is 12.3 Å². The lowest BCUT2D eigenvalue weighted by Gasteiger charge is -2.34. The molecule has 1 amide bonds. The fourth-order valence-corrected chi connectivity index (χ4v) is 2.87. The van der Waals surface area contributed by atoms with E-state index in [0.717, 1.165) is 31.5 Å². The van der Waals surface area contributed by atoms with Crippen molar-refractivity contribution in [2.45, 2.75) is 46.1 Å². The van der Waals surface area contributed by atoms with Crippen LogP contribution >= 0.6 is 0 Å². The molecule has 1 aromatic rings. The van der Waals surface area contributed by atoms with Crippen molar-refractivity contribution in [3.05, 3.63) is 34.9 Å². The molecule has 0 spiro atoms. The lowest BCUT2D eigenvalue weighted by Crippen LogP contribution is -2.45. The quantitative estimate of drug-likeness (QED) is 0.920. The zero-order chi connectivity index (χ0) is 14.7. The monoisotopic (exact) mass is 274 g/mol. The van der Waals surface area contributed by atoms with E-state index < -0.39 is 0 Å². The van der Waals surface area contributed by atoms with Crippen molar-refractivity contribution in [2.75, 3.05) is 13.1 Å². The summed E-state index contributed by atoms with van der Waals surface area (Å²) in [5.74, 6) is 0.686. The second kappa shape index (κ2) is 6.40. The number of piperidine rings is 1. The van der Waals surface area contributed by atoms with Crippen LogP contribution in [0.15, 0.2) is 18.2 Å². The summed E-state index contributed by atoms with van der Waals surface area (Å²) in [6.45, 7) is 7.94. The molecule has 1 fully saturated rings. The molecular weight excluding hydrogens is 248 g/mol. The highest BCUT2D eigenvalue weighted by Crippen LogP contribution is 2.20. The van der Waals surface area contributed by atoms with Crippen molar-refractivity contribution in [1.29, 1.82) is 0 Å². The van der Waals surface area contributed by atoms with Crippen LogP contribution in [-0.2, 0) is 11.2 Å². The minimum absolute atomic E-state index is 0.173. The Kier molecular flexibility index (Phi) is 4.81. The number of nitrogens with zero attached hydrogens (tertiary/aromatic N) is 1. The van der Waals surface area contributed by atoms with Crippen LogP contribution in [0.1, 0.15) is 36.5 Å². The zero-order valence-electron chi connectivity index (χ0n) is 12.9. The molecule has 1 aromatic carbocycles. The Morgan fingerprint density at radius 2 is 2.15 bits per heavy atom. The third-order valence-electron chi connectivity index (χ3n) is 4.48. The molecule has 1 aliphatic heterocycles. The summed E-state index contributed by atoms with van der Waals surface area (Å²) in [5, 5.41) is 0. The number of benzene rings is 1. The van der Waals surface area contributed by atoms with Gasteiger partial charge in [0, 0.05) is 19.1 Å². The van der Waals surface area contributed by atoms with Crippen LogP contribution in [0.2, 0.25) is 0 Å². The van der Waals surface area contributed by atoms with Crippen molar-refractivity contribution >= 4 is 5.91 Å². The van der Waals surface area contributed by atoms with Crippen LogP contribution in [0.5, 0.6) is 0 Å². The molecule has 1 heterocycles. The molecule has 3 nitrogen and oxygen atoms in total. The summed E-state index contributed by atoms with van der Waals surface area (Å²) >= 11 is 0. The smallest absolute Gasteiger partial charge is 0.226 e. The number of hydrogen-bond donors (Lipinski definition) is 1. The minimum atomic E-state index is 0.173. The van der Waals surface area contributed by atoms with E-state index in [9.17, 15) is 4.79 Å². The Labute approximate surface area is 122 Å². The topological polar surface area (TPSA) is 46.3 Å². The van der Waals surface area contributed by atoms with E-state index in [4.69, 9.17) is 5.73 Å². The van der Waals surface area contributed by atoms with Crippen molar-refractivity contribution in [2.24, 2.45) is 11.7 Å². The van der Waals surface area contributed by atoms with E-state index in [2.05, 4.69) is 32.0 Å². The number of aryl methyl sites for hydroxylation is 2. The average Bonchev–Trinajstić information content (AvgIpc) is 2.43. The minimum Gasteiger partial charge on any atom is -0.342 e. The van der Waals surface area contributed by atoms with Crippen LogP contribution in [0, 0.1) is 19.8 Å². The average molecular weight is 274 g/mol. The Morgan fingerprint density at radius 3 is 2.80 bits per heavy atom. The number of likely N-dealkylation sites (tertiary alicyclic amines) is 1. The second-order valence-corrected chi connectivity index (χ2v) is 6.20. The maximum absolute atomic E-state index is 12.4. The molecule has 0 aromatic heterocycles. The molecule has 0 saturated carbocycles. The summed E-state index contributed by atoms with van der Waals surface area (Å²) in [6.07, 6.45) is 2.72. The van der Waals surface area contributed by atoms with Crippen molar-refractivity contribution in [3.8, 4) is 0 Å². The summed E-state index contributed by atoms with van der Waals surface area (Å²) < 4.78 is 0. The van der Waals surface area contributed by atoms with E-state index in [1.165, 1.54) is 11.1 Å². The van der Waals surface area contributed by atoms with Crippen LogP contribution in [0.3, 0.4) is 0 Å². The molecule has 0 radical (unpaired) electrons. The van der Waals surface area contributed by atoms with Gasteiger partial charge in [0.15, 0.2) is 0 Å². The summed E-state index contributed by atoms with van der Waals surface area (Å²) in [6, 6.07) is 6.46. The number of hydrogen-bond acceptors (Lipinski definition) is 2. The molecule has 2 rings (SSSR count).